The van der Waals surface area contributed by atoms with Gasteiger partial charge in [-0.05, 0) is 68.4 Å². The number of hydrogen-bond donors (Lipinski definition) is 2. The highest BCUT2D eigenvalue weighted by Crippen LogP contribution is 2.47. The summed E-state index contributed by atoms with van der Waals surface area (Å²) in [6.07, 6.45) is 4.73. The number of carbonyl (C=O) groups is 1. The van der Waals surface area contributed by atoms with Gasteiger partial charge in [0.15, 0.2) is 0 Å². The molecular formula is C41H62O12. The maximum Gasteiger partial charge on any atom is 0.135 e. The third kappa shape index (κ3) is 7.86. The van der Waals surface area contributed by atoms with E-state index in [1.54, 1.807) is 14.2 Å². The predicted octanol–water partition coefficient (Wildman–Crippen LogP) is 3.76. The SMILES string of the molecule is C=C1C[C@@H]2CCC3C[C@@H]4O[C@@H]5C(O[C@H]6CC[C@H](CC(=O)C[C@H]7C(C[C@H]8O[C@@H](CC[C@@H]1O2)C[C@@H](C)C8=C)O[C@H](C[C@H](O)CO)[C@@H]7OC)O[C@@H]6[C@@H]5OC)[C@@H]4O3. The third-order valence-electron chi connectivity index (χ3n) is 13.8. The minimum absolute atomic E-state index is 0.00618. The highest BCUT2D eigenvalue weighted by Gasteiger charge is 2.61. The molecular weight excluding hydrogens is 684 g/mol. The Bertz CT molecular complexity index is 1330. The van der Waals surface area contributed by atoms with Crippen molar-refractivity contribution in [1.82, 2.24) is 0 Å². The van der Waals surface area contributed by atoms with Crippen molar-refractivity contribution in [2.75, 3.05) is 20.8 Å². The van der Waals surface area contributed by atoms with E-state index in [4.69, 9.17) is 42.6 Å². The molecule has 2 N–H and O–H groups in total. The standard InChI is InChI=1S/C41H62O12/c1-20-12-26-8-10-30-21(2)13-25(47-30)6-7-28-17-35-38(50-28)40-41(53-35)39(46-5)37-31(52-40)11-9-27(49-37)14-23(43)15-29-33(18-32(48-26)22(20)3)51-34(36(29)45-4)16-24(44)19-42/h20,24-42,44H,2-3,6-19H2,1,4-5H3/t20-,24+,25+,26+,27-,28?,29+,30+,31+,32-,33?,34-,35+,36-,37+,38-,39+,40?,41+/m1/s1. The summed E-state index contributed by atoms with van der Waals surface area (Å²) >= 11 is 0. The van der Waals surface area contributed by atoms with E-state index in [9.17, 15) is 15.0 Å². The average molecular weight is 747 g/mol. The van der Waals surface area contributed by atoms with Crippen LogP contribution in [0, 0.1) is 11.8 Å². The number of aliphatic hydroxyl groups excluding tert-OH is 2. The fourth-order valence-corrected chi connectivity index (χ4v) is 11.0. The van der Waals surface area contributed by atoms with Gasteiger partial charge in [0, 0.05) is 52.2 Å². The molecule has 11 fully saturated rings. The molecule has 11 rings (SSSR count). The average Bonchev–Trinajstić information content (AvgIpc) is 3.88. The summed E-state index contributed by atoms with van der Waals surface area (Å²) in [6.45, 7) is 10.7. The molecule has 11 aliphatic heterocycles. The van der Waals surface area contributed by atoms with Crippen LogP contribution in [0.1, 0.15) is 90.4 Å². The molecule has 12 bridgehead atoms. The Labute approximate surface area is 314 Å². The molecule has 0 saturated carbocycles. The van der Waals surface area contributed by atoms with Gasteiger partial charge in [0.1, 0.15) is 36.3 Å². The predicted molar refractivity (Wildman–Crippen MR) is 191 cm³/mol. The molecule has 0 aromatic carbocycles. The van der Waals surface area contributed by atoms with Crippen molar-refractivity contribution < 1.29 is 57.6 Å². The first-order chi connectivity index (χ1) is 25.6. The number of hydrogen-bond acceptors (Lipinski definition) is 12. The minimum atomic E-state index is -0.953. The van der Waals surface area contributed by atoms with Gasteiger partial charge < -0.3 is 52.8 Å². The lowest BCUT2D eigenvalue weighted by Crippen LogP contribution is -2.62. The number of methoxy groups -OCH3 is 2. The monoisotopic (exact) mass is 746 g/mol. The van der Waals surface area contributed by atoms with E-state index < -0.39 is 18.3 Å². The number of rotatable bonds is 5. The number of ketones is 1. The zero-order valence-electron chi connectivity index (χ0n) is 31.8. The van der Waals surface area contributed by atoms with Crippen LogP contribution in [-0.4, -0.2) is 141 Å². The maximum atomic E-state index is 14.0. The van der Waals surface area contributed by atoms with Crippen LogP contribution in [-0.2, 0) is 47.4 Å². The van der Waals surface area contributed by atoms with Gasteiger partial charge in [-0.2, -0.15) is 0 Å². The molecule has 0 aromatic rings. The fraction of sp³-hybridized carbons (Fsp3) is 0.878. The first-order valence-electron chi connectivity index (χ1n) is 20.4. The molecule has 0 amide bonds. The molecule has 11 heterocycles. The lowest BCUT2D eigenvalue weighted by Gasteiger charge is -2.47. The van der Waals surface area contributed by atoms with E-state index in [0.717, 1.165) is 62.5 Å². The van der Waals surface area contributed by atoms with Crippen LogP contribution in [0.15, 0.2) is 24.3 Å². The molecule has 11 saturated heterocycles. The first kappa shape index (κ1) is 38.6. The van der Waals surface area contributed by atoms with Crippen LogP contribution < -0.4 is 0 Å². The summed E-state index contributed by atoms with van der Waals surface area (Å²) in [5, 5.41) is 20.1. The van der Waals surface area contributed by atoms with Crippen LogP contribution in [0.2, 0.25) is 0 Å². The van der Waals surface area contributed by atoms with Crippen molar-refractivity contribution in [2.24, 2.45) is 11.8 Å². The Morgan fingerprint density at radius 3 is 2.15 bits per heavy atom. The van der Waals surface area contributed by atoms with E-state index in [1.807, 2.05) is 0 Å². The lowest BCUT2D eigenvalue weighted by molar-refractivity contribution is -0.268. The van der Waals surface area contributed by atoms with Crippen LogP contribution in [0.4, 0.5) is 0 Å². The molecule has 0 aliphatic carbocycles. The van der Waals surface area contributed by atoms with Gasteiger partial charge in [-0.15, -0.1) is 0 Å². The Balaban J connectivity index is 1.03. The highest BCUT2D eigenvalue weighted by molar-refractivity contribution is 5.79. The Morgan fingerprint density at radius 2 is 1.36 bits per heavy atom. The Morgan fingerprint density at radius 1 is 0.679 bits per heavy atom. The van der Waals surface area contributed by atoms with Crippen LogP contribution in [0.5, 0.6) is 0 Å². The second kappa shape index (κ2) is 16.3. The number of fused-ring (bicyclic) bond motifs is 1. The van der Waals surface area contributed by atoms with E-state index in [-0.39, 0.29) is 129 Å². The van der Waals surface area contributed by atoms with Gasteiger partial charge >= 0.3 is 0 Å². The summed E-state index contributed by atoms with van der Waals surface area (Å²) in [4.78, 5) is 14.0. The third-order valence-corrected chi connectivity index (χ3v) is 13.8. The van der Waals surface area contributed by atoms with Crippen LogP contribution >= 0.6 is 0 Å². The van der Waals surface area contributed by atoms with Crippen LogP contribution in [0.25, 0.3) is 0 Å². The van der Waals surface area contributed by atoms with Crippen molar-refractivity contribution >= 4 is 5.78 Å². The summed E-state index contributed by atoms with van der Waals surface area (Å²) in [7, 11) is 3.33. The fourth-order valence-electron chi connectivity index (χ4n) is 11.0. The normalized spacial score (nSPS) is 49.6. The van der Waals surface area contributed by atoms with Crippen molar-refractivity contribution in [3.8, 4) is 0 Å². The number of Topliss-reactive ketones (excluding diaryl/α,β-unsaturated/α-hetero) is 1. The topological polar surface area (TPSA) is 141 Å². The van der Waals surface area contributed by atoms with Gasteiger partial charge in [-0.3, -0.25) is 4.79 Å². The summed E-state index contributed by atoms with van der Waals surface area (Å²) < 4.78 is 58.7. The van der Waals surface area contributed by atoms with Crippen molar-refractivity contribution in [3.05, 3.63) is 24.3 Å². The number of aliphatic hydroxyl groups is 2. The largest absolute Gasteiger partial charge is 0.394 e. The van der Waals surface area contributed by atoms with E-state index in [0.29, 0.717) is 12.8 Å². The Kier molecular flexibility index (Phi) is 11.9. The first-order valence-corrected chi connectivity index (χ1v) is 20.4. The molecule has 12 nitrogen and oxygen atoms in total. The summed E-state index contributed by atoms with van der Waals surface area (Å²) in [6, 6.07) is 0. The maximum absolute atomic E-state index is 14.0. The molecule has 0 aromatic heterocycles. The molecule has 3 unspecified atom stereocenters. The van der Waals surface area contributed by atoms with E-state index in [1.165, 1.54) is 0 Å². The molecule has 53 heavy (non-hydrogen) atoms. The molecule has 0 radical (unpaired) electrons. The van der Waals surface area contributed by atoms with E-state index >= 15 is 0 Å². The van der Waals surface area contributed by atoms with Gasteiger partial charge in [0.25, 0.3) is 0 Å². The van der Waals surface area contributed by atoms with Gasteiger partial charge in [0.05, 0.1) is 79.9 Å². The summed E-state index contributed by atoms with van der Waals surface area (Å²) in [5.74, 6) is 0.0673. The molecule has 19 atom stereocenters. The van der Waals surface area contributed by atoms with Crippen molar-refractivity contribution in [3.63, 3.8) is 0 Å². The van der Waals surface area contributed by atoms with E-state index in [2.05, 4.69) is 20.1 Å². The molecule has 0 spiro atoms. The van der Waals surface area contributed by atoms with Crippen molar-refractivity contribution in [1.29, 1.82) is 0 Å². The molecule has 12 heteroatoms. The highest BCUT2D eigenvalue weighted by atomic mass is 16.7. The smallest absolute Gasteiger partial charge is 0.135 e. The second-order valence-electron chi connectivity index (χ2n) is 17.3. The van der Waals surface area contributed by atoms with Gasteiger partial charge in [-0.25, -0.2) is 0 Å². The Hall–Kier alpha value is -1.29. The molecule has 298 valence electrons. The second-order valence-corrected chi connectivity index (χ2v) is 17.3. The zero-order chi connectivity index (χ0) is 37.0. The van der Waals surface area contributed by atoms with Crippen molar-refractivity contribution in [2.45, 2.75) is 194 Å². The zero-order valence-corrected chi connectivity index (χ0v) is 31.8. The molecule has 11 aliphatic rings. The van der Waals surface area contributed by atoms with Crippen LogP contribution in [0.3, 0.4) is 0 Å². The summed E-state index contributed by atoms with van der Waals surface area (Å²) in [5.41, 5.74) is 2.19. The number of carbonyl (C=O) groups excluding carboxylic acids is 1. The van der Waals surface area contributed by atoms with Gasteiger partial charge in [-0.1, -0.05) is 20.1 Å². The lowest BCUT2D eigenvalue weighted by atomic mass is 9.81. The quantitative estimate of drug-likeness (QED) is 0.396. The number of ether oxygens (including phenoxy) is 9. The van der Waals surface area contributed by atoms with Gasteiger partial charge in [0.2, 0.25) is 0 Å². The minimum Gasteiger partial charge on any atom is -0.394 e.